The molecule has 31 heavy (non-hydrogen) atoms. The molecule has 7 nitrogen and oxygen atoms in total. The van der Waals surface area contributed by atoms with Crippen molar-refractivity contribution in [1.82, 2.24) is 15.2 Å². The average molecular weight is 412 g/mol. The smallest absolute Gasteiger partial charge is 0.275 e. The van der Waals surface area contributed by atoms with E-state index in [2.05, 4.69) is 10.5 Å². The number of hydrogen-bond donors (Lipinski definition) is 2. The zero-order valence-corrected chi connectivity index (χ0v) is 16.8. The molecule has 1 amide bonds. The molecule has 0 aliphatic rings. The SMILES string of the molecule is COc1ccc(-c2nn(-c3ccccc3)cc2/C=N\NC(=O)c2ccccc2O)cc1. The van der Waals surface area contributed by atoms with Gasteiger partial charge in [-0.3, -0.25) is 4.79 Å². The minimum atomic E-state index is -0.504. The fourth-order valence-electron chi connectivity index (χ4n) is 3.05. The Labute approximate surface area is 179 Å². The van der Waals surface area contributed by atoms with Gasteiger partial charge in [-0.1, -0.05) is 30.3 Å². The molecule has 0 radical (unpaired) electrons. The Balaban J connectivity index is 1.64. The lowest BCUT2D eigenvalue weighted by Gasteiger charge is -2.03. The summed E-state index contributed by atoms with van der Waals surface area (Å²) in [6.07, 6.45) is 3.37. The van der Waals surface area contributed by atoms with E-state index in [1.54, 1.807) is 23.9 Å². The Kier molecular flexibility index (Phi) is 5.75. The Morgan fingerprint density at radius 1 is 1.03 bits per heavy atom. The van der Waals surface area contributed by atoms with Crippen LogP contribution in [-0.4, -0.2) is 34.1 Å². The number of aromatic hydroxyl groups is 1. The second kappa shape index (κ2) is 8.96. The lowest BCUT2D eigenvalue weighted by atomic mass is 10.1. The maximum atomic E-state index is 12.3. The van der Waals surface area contributed by atoms with Crippen molar-refractivity contribution in [3.8, 4) is 28.4 Å². The summed E-state index contributed by atoms with van der Waals surface area (Å²) in [5, 5.41) is 18.6. The fourth-order valence-corrected chi connectivity index (χ4v) is 3.05. The number of benzene rings is 3. The van der Waals surface area contributed by atoms with E-state index < -0.39 is 5.91 Å². The van der Waals surface area contributed by atoms with Gasteiger partial charge in [0.1, 0.15) is 17.2 Å². The van der Waals surface area contributed by atoms with Crippen molar-refractivity contribution >= 4 is 12.1 Å². The standard InChI is InChI=1S/C24H20N4O3/c1-31-20-13-11-17(12-14-20)23-18(16-28(27-23)19-7-3-2-4-8-19)15-25-26-24(30)21-9-5-6-10-22(21)29/h2-16,29H,1H3,(H,26,30)/b25-15-. The molecular formula is C24H20N4O3. The van der Waals surface area contributed by atoms with Gasteiger partial charge in [0.05, 0.1) is 24.6 Å². The lowest BCUT2D eigenvalue weighted by Crippen LogP contribution is -2.17. The van der Waals surface area contributed by atoms with E-state index >= 15 is 0 Å². The zero-order valence-electron chi connectivity index (χ0n) is 16.8. The van der Waals surface area contributed by atoms with E-state index in [9.17, 15) is 9.90 Å². The second-order valence-corrected chi connectivity index (χ2v) is 6.66. The lowest BCUT2D eigenvalue weighted by molar-refractivity contribution is 0.0952. The number of amides is 1. The highest BCUT2D eigenvalue weighted by molar-refractivity contribution is 5.97. The first-order valence-electron chi connectivity index (χ1n) is 9.56. The van der Waals surface area contributed by atoms with Crippen molar-refractivity contribution in [2.75, 3.05) is 7.11 Å². The number of para-hydroxylation sites is 2. The number of ether oxygens (including phenoxy) is 1. The average Bonchev–Trinajstić information content (AvgIpc) is 3.24. The van der Waals surface area contributed by atoms with Crippen LogP contribution in [0.15, 0.2) is 90.2 Å². The molecule has 0 fully saturated rings. The Morgan fingerprint density at radius 2 is 1.74 bits per heavy atom. The Bertz CT molecular complexity index is 1220. The summed E-state index contributed by atoms with van der Waals surface area (Å²) in [7, 11) is 1.62. The van der Waals surface area contributed by atoms with Crippen LogP contribution in [0, 0.1) is 0 Å². The number of nitrogens with one attached hydrogen (secondary N) is 1. The highest BCUT2D eigenvalue weighted by atomic mass is 16.5. The molecule has 0 unspecified atom stereocenters. The van der Waals surface area contributed by atoms with Crippen LogP contribution >= 0.6 is 0 Å². The van der Waals surface area contributed by atoms with E-state index in [4.69, 9.17) is 9.84 Å². The molecule has 4 rings (SSSR count). The van der Waals surface area contributed by atoms with Crippen molar-refractivity contribution < 1.29 is 14.6 Å². The molecule has 0 aliphatic carbocycles. The zero-order chi connectivity index (χ0) is 21.6. The number of methoxy groups -OCH3 is 1. The van der Waals surface area contributed by atoms with Gasteiger partial charge in [-0.25, -0.2) is 10.1 Å². The largest absolute Gasteiger partial charge is 0.507 e. The third-order valence-electron chi connectivity index (χ3n) is 4.65. The van der Waals surface area contributed by atoms with Crippen molar-refractivity contribution in [3.63, 3.8) is 0 Å². The molecule has 7 heteroatoms. The molecule has 1 aromatic heterocycles. The molecule has 0 bridgehead atoms. The molecule has 4 aromatic rings. The molecule has 0 saturated heterocycles. The van der Waals surface area contributed by atoms with Crippen LogP contribution in [0.5, 0.6) is 11.5 Å². The number of carbonyl (C=O) groups excluding carboxylic acids is 1. The van der Waals surface area contributed by atoms with Gasteiger partial charge >= 0.3 is 0 Å². The monoisotopic (exact) mass is 412 g/mol. The summed E-state index contributed by atoms with van der Waals surface area (Å²) >= 11 is 0. The fraction of sp³-hybridized carbons (Fsp3) is 0.0417. The molecule has 154 valence electrons. The van der Waals surface area contributed by atoms with Gasteiger partial charge in [-0.05, 0) is 48.5 Å². The van der Waals surface area contributed by atoms with Crippen LogP contribution in [0.1, 0.15) is 15.9 Å². The van der Waals surface area contributed by atoms with Crippen LogP contribution in [0.25, 0.3) is 16.9 Å². The number of nitrogens with zero attached hydrogens (tertiary/aromatic N) is 3. The minimum Gasteiger partial charge on any atom is -0.507 e. The second-order valence-electron chi connectivity index (χ2n) is 6.66. The van der Waals surface area contributed by atoms with E-state index in [0.717, 1.165) is 17.0 Å². The van der Waals surface area contributed by atoms with Crippen molar-refractivity contribution in [1.29, 1.82) is 0 Å². The summed E-state index contributed by atoms with van der Waals surface area (Å²) in [6, 6.07) is 23.5. The minimum absolute atomic E-state index is 0.106. The van der Waals surface area contributed by atoms with Crippen molar-refractivity contribution in [2.24, 2.45) is 5.10 Å². The van der Waals surface area contributed by atoms with Gasteiger partial charge in [0.15, 0.2) is 0 Å². The number of hydrazone groups is 1. The first-order chi connectivity index (χ1) is 15.2. The molecular weight excluding hydrogens is 392 g/mol. The number of phenols is 1. The summed E-state index contributed by atoms with van der Waals surface area (Å²) in [5.74, 6) is 0.137. The van der Waals surface area contributed by atoms with Crippen molar-refractivity contribution in [3.05, 3.63) is 96.2 Å². The molecule has 0 atom stereocenters. The molecule has 3 aromatic carbocycles. The first kappa shape index (κ1) is 19.9. The van der Waals surface area contributed by atoms with Crippen LogP contribution in [-0.2, 0) is 0 Å². The summed E-state index contributed by atoms with van der Waals surface area (Å²) in [5.41, 5.74) is 5.79. The third-order valence-corrected chi connectivity index (χ3v) is 4.65. The first-order valence-corrected chi connectivity index (χ1v) is 9.56. The predicted molar refractivity (Wildman–Crippen MR) is 119 cm³/mol. The number of aromatic nitrogens is 2. The summed E-state index contributed by atoms with van der Waals surface area (Å²) < 4.78 is 6.99. The van der Waals surface area contributed by atoms with E-state index in [1.165, 1.54) is 18.3 Å². The topological polar surface area (TPSA) is 88.7 Å². The van der Waals surface area contributed by atoms with Crippen molar-refractivity contribution in [2.45, 2.75) is 0 Å². The van der Waals surface area contributed by atoms with E-state index in [0.29, 0.717) is 11.3 Å². The molecule has 0 aliphatic heterocycles. The summed E-state index contributed by atoms with van der Waals surface area (Å²) in [6.45, 7) is 0. The van der Waals surface area contributed by atoms with Gasteiger partial charge in [0.25, 0.3) is 5.91 Å². The normalized spacial score (nSPS) is 10.9. The number of hydrogen-bond acceptors (Lipinski definition) is 5. The highest BCUT2D eigenvalue weighted by Gasteiger charge is 2.12. The molecule has 1 heterocycles. The maximum absolute atomic E-state index is 12.3. The van der Waals surface area contributed by atoms with E-state index in [1.807, 2.05) is 60.8 Å². The molecule has 2 N–H and O–H groups in total. The molecule has 0 saturated carbocycles. The third kappa shape index (κ3) is 4.45. The number of phenolic OH excluding ortho intramolecular Hbond substituents is 1. The van der Waals surface area contributed by atoms with Crippen LogP contribution in [0.4, 0.5) is 0 Å². The quantitative estimate of drug-likeness (QED) is 0.370. The van der Waals surface area contributed by atoms with Crippen LogP contribution in [0.3, 0.4) is 0 Å². The summed E-state index contributed by atoms with van der Waals surface area (Å²) in [4.78, 5) is 12.3. The van der Waals surface area contributed by atoms with Crippen LogP contribution in [0.2, 0.25) is 0 Å². The van der Waals surface area contributed by atoms with Gasteiger partial charge in [0, 0.05) is 17.3 Å². The predicted octanol–water partition coefficient (Wildman–Crippen LogP) is 4.02. The highest BCUT2D eigenvalue weighted by Crippen LogP contribution is 2.25. The van der Waals surface area contributed by atoms with Gasteiger partial charge < -0.3 is 9.84 Å². The van der Waals surface area contributed by atoms with E-state index in [-0.39, 0.29) is 11.3 Å². The van der Waals surface area contributed by atoms with Gasteiger partial charge in [0.2, 0.25) is 0 Å². The van der Waals surface area contributed by atoms with Gasteiger partial charge in [-0.15, -0.1) is 0 Å². The van der Waals surface area contributed by atoms with Gasteiger partial charge in [-0.2, -0.15) is 10.2 Å². The maximum Gasteiger partial charge on any atom is 0.275 e. The Morgan fingerprint density at radius 3 is 2.45 bits per heavy atom. The number of rotatable bonds is 6. The number of carbonyl (C=O) groups is 1. The molecule has 0 spiro atoms. The van der Waals surface area contributed by atoms with Crippen LogP contribution < -0.4 is 10.2 Å². The Hall–Kier alpha value is -4.39.